The summed E-state index contributed by atoms with van der Waals surface area (Å²) in [7, 11) is 0. The predicted octanol–water partition coefficient (Wildman–Crippen LogP) is 12.7. The van der Waals surface area contributed by atoms with E-state index >= 15 is 0 Å². The fourth-order valence-corrected chi connectivity index (χ4v) is 5.86. The van der Waals surface area contributed by atoms with Crippen molar-refractivity contribution in [3.05, 3.63) is 156 Å². The lowest BCUT2D eigenvalue weighted by Gasteiger charge is -2.29. The molecule has 0 aliphatic carbocycles. The van der Waals surface area contributed by atoms with Crippen LogP contribution in [-0.4, -0.2) is 0 Å². The van der Waals surface area contributed by atoms with E-state index in [1.807, 2.05) is 0 Å². The summed E-state index contributed by atoms with van der Waals surface area (Å²) in [5.41, 5.74) is 8.25. The molecule has 4 aromatic rings. The van der Waals surface area contributed by atoms with Crippen LogP contribution in [0.5, 0.6) is 0 Å². The molecule has 0 saturated carbocycles. The van der Waals surface area contributed by atoms with Crippen molar-refractivity contribution >= 4 is 11.1 Å². The van der Waals surface area contributed by atoms with Gasteiger partial charge < -0.3 is 0 Å². The van der Waals surface area contributed by atoms with Crippen LogP contribution in [0.1, 0.15) is 95.9 Å². The summed E-state index contributed by atoms with van der Waals surface area (Å²) in [6.07, 6.45) is 5.93. The molecule has 0 spiro atoms. The average Bonchev–Trinajstić information content (AvgIpc) is 3.01. The molecule has 0 aliphatic rings. The van der Waals surface area contributed by atoms with Gasteiger partial charge in [-0.25, -0.2) is 0 Å². The summed E-state index contributed by atoms with van der Waals surface area (Å²) in [4.78, 5) is 0. The Labute approximate surface area is 263 Å². The topological polar surface area (TPSA) is 0 Å². The quantitative estimate of drug-likeness (QED) is 0.157. The van der Waals surface area contributed by atoms with Crippen LogP contribution in [0.2, 0.25) is 0 Å². The van der Waals surface area contributed by atoms with Crippen LogP contribution in [0.15, 0.2) is 133 Å². The fourth-order valence-electron chi connectivity index (χ4n) is 5.86. The molecule has 43 heavy (non-hydrogen) atoms. The molecule has 2 atom stereocenters. The third-order valence-electron chi connectivity index (χ3n) is 8.23. The summed E-state index contributed by atoms with van der Waals surface area (Å²) in [5.74, 6) is 3.59. The maximum Gasteiger partial charge on any atom is -0.0133 e. The zero-order valence-electron chi connectivity index (χ0n) is 27.9. The van der Waals surface area contributed by atoms with Gasteiger partial charge in [-0.3, -0.25) is 0 Å². The Morgan fingerprint density at radius 2 is 0.860 bits per heavy atom. The Hall–Kier alpha value is -3.64. The van der Waals surface area contributed by atoms with Crippen LogP contribution in [0.25, 0.3) is 11.1 Å². The monoisotopic (exact) mass is 570 g/mol. The van der Waals surface area contributed by atoms with Gasteiger partial charge in [0.1, 0.15) is 0 Å². The largest absolute Gasteiger partial charge is 0.0741 e. The highest BCUT2D eigenvalue weighted by Gasteiger charge is 2.24. The molecule has 0 aliphatic heterocycles. The van der Waals surface area contributed by atoms with E-state index in [9.17, 15) is 0 Å². The zero-order chi connectivity index (χ0) is 31.2. The van der Waals surface area contributed by atoms with Crippen molar-refractivity contribution in [1.82, 2.24) is 0 Å². The van der Waals surface area contributed by atoms with E-state index in [-0.39, 0.29) is 0 Å². The summed E-state index contributed by atoms with van der Waals surface area (Å²) in [5, 5.41) is 0. The number of rotatable bonds is 11. The number of allylic oxidation sites excluding steroid dienone is 4. The minimum Gasteiger partial charge on any atom is -0.0741 e. The van der Waals surface area contributed by atoms with Gasteiger partial charge in [0.05, 0.1) is 0 Å². The Morgan fingerprint density at radius 3 is 1.21 bits per heavy atom. The molecule has 0 heteroatoms. The van der Waals surface area contributed by atoms with Crippen LogP contribution < -0.4 is 0 Å². The fraction of sp³-hybridized carbons (Fsp3) is 0.349. The molecule has 0 saturated heterocycles. The Morgan fingerprint density at radius 1 is 0.488 bits per heavy atom. The Kier molecular flexibility index (Phi) is 13.8. The van der Waals surface area contributed by atoms with Gasteiger partial charge in [-0.05, 0) is 75.3 Å². The molecule has 2 unspecified atom stereocenters. The highest BCUT2D eigenvalue weighted by Crippen LogP contribution is 2.38. The van der Waals surface area contributed by atoms with Gasteiger partial charge in [-0.2, -0.15) is 0 Å². The van der Waals surface area contributed by atoms with Crippen molar-refractivity contribution in [3.8, 4) is 0 Å². The van der Waals surface area contributed by atoms with Gasteiger partial charge in [0.2, 0.25) is 0 Å². The first-order chi connectivity index (χ1) is 20.7. The van der Waals surface area contributed by atoms with Crippen molar-refractivity contribution in [2.75, 3.05) is 0 Å². The van der Waals surface area contributed by atoms with E-state index < -0.39 is 0 Å². The number of hydrogen-bond donors (Lipinski definition) is 0. The molecular weight excluding hydrogens is 516 g/mol. The third kappa shape index (κ3) is 10.9. The normalized spacial score (nSPS) is 13.7. The molecule has 4 rings (SSSR count). The van der Waals surface area contributed by atoms with Crippen molar-refractivity contribution in [3.63, 3.8) is 0 Å². The number of hydrogen-bond acceptors (Lipinski definition) is 0. The summed E-state index contributed by atoms with van der Waals surface area (Å²) in [6, 6.07) is 43.4. The minimum absolute atomic E-state index is 0.488. The van der Waals surface area contributed by atoms with Gasteiger partial charge in [0, 0.05) is 0 Å². The second-order valence-electron chi connectivity index (χ2n) is 13.1. The molecule has 0 fully saturated rings. The minimum atomic E-state index is 0.488. The van der Waals surface area contributed by atoms with Crippen molar-refractivity contribution < 1.29 is 0 Å². The average molecular weight is 571 g/mol. The van der Waals surface area contributed by atoms with Crippen LogP contribution in [-0.2, 0) is 0 Å². The van der Waals surface area contributed by atoms with E-state index in [4.69, 9.17) is 0 Å². The lowest BCUT2D eigenvalue weighted by Crippen LogP contribution is -2.15. The van der Waals surface area contributed by atoms with Gasteiger partial charge in [-0.15, -0.1) is 0 Å². The standard InChI is InChI=1S/C22H26.C21H28/c1-17(2)15-21(19-11-7-5-8-12-19)16-22(18(3)4)20-13-9-6-10-14-20;1-16(2)20(18-11-7-5-8-12-18)15-21(17(3)4)19-13-9-6-10-14-19/h5-18H,1-4H3;5-14,16-17,20-21H,15H2,1-4H3/b21-15+,22-16+;. The van der Waals surface area contributed by atoms with E-state index in [0.717, 1.165) is 0 Å². The Balaban J connectivity index is 0.000000236. The van der Waals surface area contributed by atoms with Gasteiger partial charge in [0.15, 0.2) is 0 Å². The third-order valence-corrected chi connectivity index (χ3v) is 8.23. The van der Waals surface area contributed by atoms with Crippen LogP contribution >= 0.6 is 0 Å². The second-order valence-corrected chi connectivity index (χ2v) is 13.1. The molecule has 0 N–H and O–H groups in total. The molecule has 0 heterocycles. The van der Waals surface area contributed by atoms with E-state index in [1.165, 1.54) is 39.8 Å². The van der Waals surface area contributed by atoms with Crippen molar-refractivity contribution in [1.29, 1.82) is 0 Å². The first-order valence-corrected chi connectivity index (χ1v) is 16.3. The lowest BCUT2D eigenvalue weighted by atomic mass is 9.75. The summed E-state index contributed by atoms with van der Waals surface area (Å²) < 4.78 is 0. The smallest absolute Gasteiger partial charge is 0.0133 e. The molecule has 0 radical (unpaired) electrons. The molecule has 4 aromatic carbocycles. The van der Waals surface area contributed by atoms with Crippen LogP contribution in [0, 0.1) is 23.7 Å². The van der Waals surface area contributed by atoms with E-state index in [0.29, 0.717) is 35.5 Å². The maximum absolute atomic E-state index is 2.36. The van der Waals surface area contributed by atoms with Gasteiger partial charge >= 0.3 is 0 Å². The predicted molar refractivity (Wildman–Crippen MR) is 191 cm³/mol. The Bertz CT molecular complexity index is 1310. The molecule has 0 aromatic heterocycles. The SMILES string of the molecule is CC(C)/C=C(\C=C(\c1ccccc1)C(C)C)c1ccccc1.CC(C)C(CC(c1ccccc1)C(C)C)c1ccccc1. The van der Waals surface area contributed by atoms with Crippen LogP contribution in [0.3, 0.4) is 0 Å². The first-order valence-electron chi connectivity index (χ1n) is 16.3. The first kappa shape index (κ1) is 33.9. The van der Waals surface area contributed by atoms with E-state index in [1.54, 1.807) is 0 Å². The molecule has 0 nitrogen and oxygen atoms in total. The van der Waals surface area contributed by atoms with Gasteiger partial charge in [0.25, 0.3) is 0 Å². The zero-order valence-corrected chi connectivity index (χ0v) is 27.9. The maximum atomic E-state index is 2.36. The van der Waals surface area contributed by atoms with Crippen molar-refractivity contribution in [2.24, 2.45) is 23.7 Å². The van der Waals surface area contributed by atoms with Gasteiger partial charge in [-0.1, -0.05) is 189 Å². The second kappa shape index (κ2) is 17.5. The molecule has 226 valence electrons. The highest BCUT2D eigenvalue weighted by molar-refractivity contribution is 5.84. The van der Waals surface area contributed by atoms with Crippen molar-refractivity contribution in [2.45, 2.75) is 73.6 Å². The van der Waals surface area contributed by atoms with Crippen LogP contribution in [0.4, 0.5) is 0 Å². The molecular formula is C43H54. The molecule has 0 amide bonds. The highest BCUT2D eigenvalue weighted by atomic mass is 14.3. The summed E-state index contributed by atoms with van der Waals surface area (Å²) >= 11 is 0. The van der Waals surface area contributed by atoms with E-state index in [2.05, 4.69) is 189 Å². The number of benzene rings is 4. The molecule has 0 bridgehead atoms. The summed E-state index contributed by atoms with van der Waals surface area (Å²) in [6.45, 7) is 18.4. The lowest BCUT2D eigenvalue weighted by molar-refractivity contribution is 0.374.